The molecule has 9 nitrogen and oxygen atoms in total. The molecule has 0 unspecified atom stereocenters. The maximum atomic E-state index is 13.0. The number of pyridine rings is 1. The number of aromatic nitrogens is 4. The van der Waals surface area contributed by atoms with Crippen molar-refractivity contribution >= 4 is 22.7 Å². The molecule has 202 valence electrons. The molecule has 0 bridgehead atoms. The number of carbonyl (C=O) groups is 1. The van der Waals surface area contributed by atoms with Crippen molar-refractivity contribution in [2.24, 2.45) is 10.7 Å². The number of alkyl halides is 3. The second-order valence-electron chi connectivity index (χ2n) is 10.00. The Hall–Kier alpha value is -3.51. The van der Waals surface area contributed by atoms with Crippen LogP contribution in [0.5, 0.6) is 0 Å². The third kappa shape index (κ3) is 4.73. The Morgan fingerprint density at radius 3 is 2.68 bits per heavy atom. The molecule has 3 N–H and O–H groups in total. The summed E-state index contributed by atoms with van der Waals surface area (Å²) in [5.41, 5.74) is 7.60. The van der Waals surface area contributed by atoms with Gasteiger partial charge < -0.3 is 15.6 Å². The van der Waals surface area contributed by atoms with E-state index in [9.17, 15) is 18.0 Å². The number of rotatable bonds is 6. The average molecular weight is 529 g/mol. The van der Waals surface area contributed by atoms with Crippen LogP contribution in [0.1, 0.15) is 26.7 Å². The van der Waals surface area contributed by atoms with Crippen LogP contribution in [0.15, 0.2) is 53.7 Å². The average Bonchev–Trinajstić information content (AvgIpc) is 3.56. The van der Waals surface area contributed by atoms with E-state index in [4.69, 9.17) is 5.73 Å². The molecule has 38 heavy (non-hydrogen) atoms. The van der Waals surface area contributed by atoms with Crippen LogP contribution in [0.4, 0.5) is 13.2 Å². The fourth-order valence-corrected chi connectivity index (χ4v) is 5.45. The van der Waals surface area contributed by atoms with Gasteiger partial charge in [0.15, 0.2) is 0 Å². The number of fused-ring (bicyclic) bond motifs is 1. The van der Waals surface area contributed by atoms with Crippen molar-refractivity contribution in [3.63, 3.8) is 0 Å². The van der Waals surface area contributed by atoms with Crippen molar-refractivity contribution in [2.75, 3.05) is 32.7 Å². The summed E-state index contributed by atoms with van der Waals surface area (Å²) < 4.78 is 41.0. The third-order valence-corrected chi connectivity index (χ3v) is 7.64. The zero-order valence-corrected chi connectivity index (χ0v) is 21.4. The fraction of sp³-hybridized carbons (Fsp3) is 0.462. The Labute approximate surface area is 218 Å². The van der Waals surface area contributed by atoms with Crippen LogP contribution in [0, 0.1) is 0 Å². The van der Waals surface area contributed by atoms with Crippen LogP contribution in [-0.2, 0) is 10.3 Å². The number of carbonyl (C=O) groups excluding carboxylic acids is 1. The number of aromatic amines is 1. The predicted octanol–water partition coefficient (Wildman–Crippen LogP) is 3.31. The molecule has 0 aromatic carbocycles. The monoisotopic (exact) mass is 528 g/mol. The summed E-state index contributed by atoms with van der Waals surface area (Å²) in [6.45, 7) is 5.47. The Kier molecular flexibility index (Phi) is 6.86. The molecule has 12 heteroatoms. The SMILES string of the molecule is C/C=C(\N=C(/C)C(=O)N1CCC(N2CC(CN)(n3cc(-c4ccnc5[nH]ccc45)cn3)C2)CC1)C(F)(F)F. The summed E-state index contributed by atoms with van der Waals surface area (Å²) in [5, 5.41) is 5.69. The number of halogens is 3. The van der Waals surface area contributed by atoms with Crippen LogP contribution in [-0.4, -0.2) is 86.1 Å². The maximum absolute atomic E-state index is 13.0. The summed E-state index contributed by atoms with van der Waals surface area (Å²) in [5.74, 6) is -0.455. The second kappa shape index (κ2) is 9.99. The van der Waals surface area contributed by atoms with Crippen LogP contribution in [0.25, 0.3) is 22.2 Å². The highest BCUT2D eigenvalue weighted by Crippen LogP contribution is 2.35. The maximum Gasteiger partial charge on any atom is 0.433 e. The lowest BCUT2D eigenvalue weighted by molar-refractivity contribution is -0.126. The first-order chi connectivity index (χ1) is 18.1. The van der Waals surface area contributed by atoms with Gasteiger partial charge in [-0.15, -0.1) is 0 Å². The van der Waals surface area contributed by atoms with Gasteiger partial charge in [0.2, 0.25) is 0 Å². The van der Waals surface area contributed by atoms with Crippen molar-refractivity contribution < 1.29 is 18.0 Å². The molecule has 0 radical (unpaired) electrons. The van der Waals surface area contributed by atoms with Crippen LogP contribution in [0.3, 0.4) is 0 Å². The Morgan fingerprint density at radius 2 is 2.03 bits per heavy atom. The third-order valence-electron chi connectivity index (χ3n) is 7.64. The van der Waals surface area contributed by atoms with Crippen molar-refractivity contribution in [1.29, 1.82) is 0 Å². The number of hydrogen-bond acceptors (Lipinski definition) is 6. The largest absolute Gasteiger partial charge is 0.433 e. The van der Waals surface area contributed by atoms with Gasteiger partial charge in [0.1, 0.15) is 22.6 Å². The van der Waals surface area contributed by atoms with Crippen LogP contribution in [0.2, 0.25) is 0 Å². The summed E-state index contributed by atoms with van der Waals surface area (Å²) in [4.78, 5) is 27.7. The number of nitrogens with zero attached hydrogens (tertiary/aromatic N) is 6. The van der Waals surface area contributed by atoms with E-state index in [0.717, 1.165) is 54.2 Å². The first-order valence-corrected chi connectivity index (χ1v) is 12.6. The molecular formula is C26H31F3N8O. The number of hydrogen-bond donors (Lipinski definition) is 2. The van der Waals surface area contributed by atoms with Crippen molar-refractivity contribution in [2.45, 2.75) is 44.4 Å². The minimum absolute atomic E-state index is 0.152. The molecule has 2 fully saturated rings. The van der Waals surface area contributed by atoms with Crippen LogP contribution < -0.4 is 5.73 Å². The highest BCUT2D eigenvalue weighted by Gasteiger charge is 2.47. The number of nitrogens with one attached hydrogen (secondary N) is 1. The fourth-order valence-electron chi connectivity index (χ4n) is 5.45. The minimum Gasteiger partial charge on any atom is -0.346 e. The molecule has 3 aromatic rings. The highest BCUT2D eigenvalue weighted by molar-refractivity contribution is 6.38. The first-order valence-electron chi connectivity index (χ1n) is 12.6. The Bertz CT molecular complexity index is 1370. The van der Waals surface area contributed by atoms with Gasteiger partial charge in [-0.3, -0.25) is 14.4 Å². The molecular weight excluding hydrogens is 497 g/mol. The lowest BCUT2D eigenvalue weighted by atomic mass is 9.86. The lowest BCUT2D eigenvalue weighted by Gasteiger charge is -2.54. The molecule has 1 amide bonds. The van der Waals surface area contributed by atoms with E-state index in [2.05, 4.69) is 25.0 Å². The molecule has 5 rings (SSSR count). The molecule has 0 atom stereocenters. The summed E-state index contributed by atoms with van der Waals surface area (Å²) in [6.07, 6.45) is 5.30. The van der Waals surface area contributed by atoms with Gasteiger partial charge in [-0.25, -0.2) is 9.98 Å². The van der Waals surface area contributed by atoms with Gasteiger partial charge in [0, 0.05) is 68.3 Å². The number of likely N-dealkylation sites (tertiary alicyclic amines) is 2. The van der Waals surface area contributed by atoms with E-state index < -0.39 is 17.8 Å². The summed E-state index contributed by atoms with van der Waals surface area (Å²) in [7, 11) is 0. The van der Waals surface area contributed by atoms with Gasteiger partial charge in [-0.2, -0.15) is 18.3 Å². The zero-order valence-electron chi connectivity index (χ0n) is 21.4. The lowest BCUT2D eigenvalue weighted by Crippen LogP contribution is -2.69. The van der Waals surface area contributed by atoms with E-state index in [1.807, 2.05) is 35.4 Å². The van der Waals surface area contributed by atoms with Gasteiger partial charge in [0.25, 0.3) is 5.91 Å². The van der Waals surface area contributed by atoms with Crippen LogP contribution >= 0.6 is 0 Å². The van der Waals surface area contributed by atoms with Gasteiger partial charge in [-0.05, 0) is 44.4 Å². The molecule has 2 saturated heterocycles. The molecule has 0 saturated carbocycles. The van der Waals surface area contributed by atoms with E-state index in [-0.39, 0.29) is 17.3 Å². The Morgan fingerprint density at radius 1 is 1.29 bits per heavy atom. The molecule has 2 aliphatic rings. The summed E-state index contributed by atoms with van der Waals surface area (Å²) >= 11 is 0. The number of nitrogens with two attached hydrogens (primary N) is 1. The highest BCUT2D eigenvalue weighted by atomic mass is 19.4. The summed E-state index contributed by atoms with van der Waals surface area (Å²) in [6, 6.07) is 4.25. The van der Waals surface area contributed by atoms with E-state index >= 15 is 0 Å². The topological polar surface area (TPSA) is 108 Å². The normalized spacial score (nSPS) is 19.7. The second-order valence-corrected chi connectivity index (χ2v) is 10.00. The zero-order chi connectivity index (χ0) is 27.1. The van der Waals surface area contributed by atoms with Gasteiger partial charge >= 0.3 is 6.18 Å². The number of piperidine rings is 1. The van der Waals surface area contributed by atoms with Crippen molar-refractivity contribution in [3.8, 4) is 11.1 Å². The van der Waals surface area contributed by atoms with E-state index in [1.54, 1.807) is 11.1 Å². The van der Waals surface area contributed by atoms with Crippen molar-refractivity contribution in [3.05, 3.63) is 48.7 Å². The molecule has 0 aliphatic carbocycles. The quantitative estimate of drug-likeness (QED) is 0.478. The molecule has 2 aliphatic heterocycles. The van der Waals surface area contributed by atoms with E-state index in [1.165, 1.54) is 13.8 Å². The van der Waals surface area contributed by atoms with Gasteiger partial charge in [0.05, 0.1) is 6.20 Å². The van der Waals surface area contributed by atoms with Gasteiger partial charge in [-0.1, -0.05) is 6.08 Å². The number of H-pyrrole nitrogens is 1. The molecule has 3 aromatic heterocycles. The van der Waals surface area contributed by atoms with E-state index in [0.29, 0.717) is 19.6 Å². The Balaban J connectivity index is 1.20. The molecule has 0 spiro atoms. The van der Waals surface area contributed by atoms with Crippen molar-refractivity contribution in [1.82, 2.24) is 29.5 Å². The number of allylic oxidation sites excluding steroid dienone is 2. The predicted molar refractivity (Wildman–Crippen MR) is 138 cm³/mol. The standard InChI is InChI=1S/C26H31F3N8O/c1-3-22(26(27,28)29)34-17(2)24(38)35-10-6-19(7-11-35)36-15-25(14-30,16-36)37-13-18(12-33-37)20-4-8-31-23-21(20)5-9-32-23/h3-5,8-9,12-13,19H,6-7,10-11,14-16,30H2,1-2H3,(H,31,32)/b22-3-,34-17+. The molecule has 5 heterocycles. The first kappa shape index (κ1) is 26.1. The number of aliphatic imine (C=N–C) groups is 1. The smallest absolute Gasteiger partial charge is 0.346 e. The number of amides is 1. The minimum atomic E-state index is -4.59.